The maximum absolute atomic E-state index is 12.8. The largest absolute Gasteiger partial charge is 0.457 e. The fraction of sp³-hybridized carbons (Fsp3) is 0.0952. The standard InChI is InChI=1S/C21H17F3N2O/c1-15(25-26-18-7-5-6-17(14-18)21(22,23)24)16-10-12-20(13-11-16)27-19-8-3-2-4-9-19/h2-14,26H,1H3/b25-15+. The van der Waals surface area contributed by atoms with Crippen LogP contribution in [0.1, 0.15) is 18.1 Å². The number of anilines is 1. The first-order valence-electron chi connectivity index (χ1n) is 8.23. The summed E-state index contributed by atoms with van der Waals surface area (Å²) in [5, 5.41) is 4.16. The molecule has 0 fully saturated rings. The topological polar surface area (TPSA) is 33.6 Å². The molecule has 27 heavy (non-hydrogen) atoms. The molecule has 0 bridgehead atoms. The second kappa shape index (κ2) is 7.95. The van der Waals surface area contributed by atoms with Crippen molar-refractivity contribution in [1.82, 2.24) is 0 Å². The van der Waals surface area contributed by atoms with E-state index in [0.717, 1.165) is 23.4 Å². The van der Waals surface area contributed by atoms with Crippen LogP contribution in [0, 0.1) is 0 Å². The van der Waals surface area contributed by atoms with Crippen LogP contribution < -0.4 is 10.2 Å². The number of halogens is 3. The highest BCUT2D eigenvalue weighted by molar-refractivity contribution is 5.99. The minimum Gasteiger partial charge on any atom is -0.457 e. The van der Waals surface area contributed by atoms with Gasteiger partial charge in [-0.25, -0.2) is 0 Å². The molecule has 3 aromatic carbocycles. The minimum absolute atomic E-state index is 0.271. The first-order chi connectivity index (χ1) is 12.9. The fourth-order valence-corrected chi connectivity index (χ4v) is 2.37. The average molecular weight is 370 g/mol. The zero-order valence-corrected chi connectivity index (χ0v) is 14.5. The molecule has 3 rings (SSSR count). The van der Waals surface area contributed by atoms with E-state index in [1.807, 2.05) is 54.6 Å². The Kier molecular flexibility index (Phi) is 5.45. The van der Waals surface area contributed by atoms with Gasteiger partial charge in [0.1, 0.15) is 11.5 Å². The molecule has 0 aliphatic heterocycles. The van der Waals surface area contributed by atoms with Crippen molar-refractivity contribution in [2.75, 3.05) is 5.43 Å². The number of hydrogen-bond donors (Lipinski definition) is 1. The van der Waals surface area contributed by atoms with Crippen LogP contribution in [-0.2, 0) is 6.18 Å². The molecule has 1 N–H and O–H groups in total. The summed E-state index contributed by atoms with van der Waals surface area (Å²) in [7, 11) is 0. The van der Waals surface area contributed by atoms with Gasteiger partial charge < -0.3 is 4.74 Å². The lowest BCUT2D eigenvalue weighted by molar-refractivity contribution is -0.137. The van der Waals surface area contributed by atoms with Gasteiger partial charge in [-0.3, -0.25) is 5.43 Å². The third-order valence-electron chi connectivity index (χ3n) is 3.79. The van der Waals surface area contributed by atoms with Crippen LogP contribution >= 0.6 is 0 Å². The van der Waals surface area contributed by atoms with Crippen molar-refractivity contribution < 1.29 is 17.9 Å². The Morgan fingerprint density at radius 1 is 0.852 bits per heavy atom. The Balaban J connectivity index is 1.68. The lowest BCUT2D eigenvalue weighted by atomic mass is 10.1. The Morgan fingerprint density at radius 2 is 1.52 bits per heavy atom. The van der Waals surface area contributed by atoms with Crippen LogP contribution in [0.5, 0.6) is 11.5 Å². The number of nitrogens with one attached hydrogen (secondary N) is 1. The molecule has 3 aromatic rings. The van der Waals surface area contributed by atoms with E-state index in [9.17, 15) is 13.2 Å². The van der Waals surface area contributed by atoms with Crippen LogP contribution in [-0.4, -0.2) is 5.71 Å². The van der Waals surface area contributed by atoms with Crippen molar-refractivity contribution >= 4 is 11.4 Å². The predicted molar refractivity (Wildman–Crippen MR) is 100 cm³/mol. The van der Waals surface area contributed by atoms with Crippen LogP contribution in [0.3, 0.4) is 0 Å². The molecule has 0 aliphatic carbocycles. The summed E-state index contributed by atoms with van der Waals surface area (Å²) in [6.45, 7) is 1.77. The van der Waals surface area contributed by atoms with Crippen LogP contribution in [0.25, 0.3) is 0 Å². The maximum Gasteiger partial charge on any atom is 0.416 e. The van der Waals surface area contributed by atoms with Gasteiger partial charge in [0.25, 0.3) is 0 Å². The van der Waals surface area contributed by atoms with Crippen molar-refractivity contribution in [1.29, 1.82) is 0 Å². The summed E-state index contributed by atoms with van der Waals surface area (Å²) < 4.78 is 44.0. The highest BCUT2D eigenvalue weighted by Crippen LogP contribution is 2.30. The second-order valence-corrected chi connectivity index (χ2v) is 5.83. The summed E-state index contributed by atoms with van der Waals surface area (Å²) in [6, 6.07) is 21.6. The van der Waals surface area contributed by atoms with Gasteiger partial charge in [0.2, 0.25) is 0 Å². The van der Waals surface area contributed by atoms with E-state index >= 15 is 0 Å². The number of benzene rings is 3. The zero-order valence-electron chi connectivity index (χ0n) is 14.5. The number of nitrogens with zero attached hydrogens (tertiary/aromatic N) is 1. The minimum atomic E-state index is -4.38. The van der Waals surface area contributed by atoms with Gasteiger partial charge in [-0.2, -0.15) is 18.3 Å². The summed E-state index contributed by atoms with van der Waals surface area (Å²) in [5.74, 6) is 1.42. The van der Waals surface area contributed by atoms with E-state index in [4.69, 9.17) is 4.74 Å². The first-order valence-corrected chi connectivity index (χ1v) is 8.23. The van der Waals surface area contributed by atoms with Crippen LogP contribution in [0.2, 0.25) is 0 Å². The molecule has 0 unspecified atom stereocenters. The normalized spacial score (nSPS) is 11.9. The van der Waals surface area contributed by atoms with E-state index in [1.165, 1.54) is 12.1 Å². The van der Waals surface area contributed by atoms with Gasteiger partial charge in [-0.1, -0.05) is 24.3 Å². The van der Waals surface area contributed by atoms with E-state index in [-0.39, 0.29) is 5.69 Å². The molecular formula is C21H17F3N2O. The Morgan fingerprint density at radius 3 is 2.19 bits per heavy atom. The molecule has 138 valence electrons. The summed E-state index contributed by atoms with van der Waals surface area (Å²) in [6.07, 6.45) is -4.38. The third-order valence-corrected chi connectivity index (χ3v) is 3.79. The van der Waals surface area contributed by atoms with Gasteiger partial charge in [-0.05, 0) is 67.1 Å². The molecule has 0 saturated carbocycles. The number of ether oxygens (including phenoxy) is 1. The molecule has 0 radical (unpaired) electrons. The lowest BCUT2D eigenvalue weighted by Crippen LogP contribution is -2.05. The van der Waals surface area contributed by atoms with Crippen molar-refractivity contribution in [2.45, 2.75) is 13.1 Å². The Labute approximate surface area is 155 Å². The molecule has 3 nitrogen and oxygen atoms in total. The Bertz CT molecular complexity index is 920. The SMILES string of the molecule is C/C(=N\Nc1cccc(C(F)(F)F)c1)c1ccc(Oc2ccccc2)cc1. The predicted octanol–water partition coefficient (Wildman–Crippen LogP) is 6.33. The molecule has 0 heterocycles. The second-order valence-electron chi connectivity index (χ2n) is 5.83. The number of rotatable bonds is 5. The number of hydrazone groups is 1. The monoisotopic (exact) mass is 370 g/mol. The summed E-state index contributed by atoms with van der Waals surface area (Å²) >= 11 is 0. The molecule has 0 amide bonds. The zero-order chi connectivity index (χ0) is 19.3. The molecule has 0 saturated heterocycles. The fourth-order valence-electron chi connectivity index (χ4n) is 2.37. The van der Waals surface area contributed by atoms with Gasteiger partial charge in [0.05, 0.1) is 17.0 Å². The molecule has 0 aromatic heterocycles. The van der Waals surface area contributed by atoms with Crippen molar-refractivity contribution in [3.63, 3.8) is 0 Å². The number of hydrogen-bond acceptors (Lipinski definition) is 3. The molecular weight excluding hydrogens is 353 g/mol. The van der Waals surface area contributed by atoms with E-state index in [2.05, 4.69) is 10.5 Å². The number of para-hydroxylation sites is 1. The van der Waals surface area contributed by atoms with Crippen molar-refractivity contribution in [3.8, 4) is 11.5 Å². The molecule has 6 heteroatoms. The van der Waals surface area contributed by atoms with E-state index in [1.54, 1.807) is 6.92 Å². The highest BCUT2D eigenvalue weighted by Gasteiger charge is 2.30. The van der Waals surface area contributed by atoms with Gasteiger partial charge in [-0.15, -0.1) is 0 Å². The van der Waals surface area contributed by atoms with Crippen LogP contribution in [0.15, 0.2) is 84.0 Å². The van der Waals surface area contributed by atoms with E-state index < -0.39 is 11.7 Å². The highest BCUT2D eigenvalue weighted by atomic mass is 19.4. The summed E-state index contributed by atoms with van der Waals surface area (Å²) in [4.78, 5) is 0. The molecule has 0 atom stereocenters. The third kappa shape index (κ3) is 5.10. The summed E-state index contributed by atoms with van der Waals surface area (Å²) in [5.41, 5.74) is 3.68. The quantitative estimate of drug-likeness (QED) is 0.420. The molecule has 0 aliphatic rings. The van der Waals surface area contributed by atoms with Gasteiger partial charge >= 0.3 is 6.18 Å². The van der Waals surface area contributed by atoms with E-state index in [0.29, 0.717) is 11.5 Å². The number of alkyl halides is 3. The maximum atomic E-state index is 12.8. The van der Waals surface area contributed by atoms with Gasteiger partial charge in [0, 0.05) is 0 Å². The average Bonchev–Trinajstić information content (AvgIpc) is 2.67. The molecule has 0 spiro atoms. The van der Waals surface area contributed by atoms with Crippen LogP contribution in [0.4, 0.5) is 18.9 Å². The van der Waals surface area contributed by atoms with Gasteiger partial charge in [0.15, 0.2) is 0 Å². The van der Waals surface area contributed by atoms with Crippen molar-refractivity contribution in [2.24, 2.45) is 5.10 Å². The van der Waals surface area contributed by atoms with Crippen molar-refractivity contribution in [3.05, 3.63) is 90.0 Å². The smallest absolute Gasteiger partial charge is 0.416 e. The first kappa shape index (κ1) is 18.5. The Hall–Kier alpha value is -3.28. The lowest BCUT2D eigenvalue weighted by Gasteiger charge is -2.09.